The second-order valence-electron chi connectivity index (χ2n) is 4.81. The molecule has 6 heteroatoms. The van der Waals surface area contributed by atoms with Crippen LogP contribution in [-0.2, 0) is 10.0 Å². The van der Waals surface area contributed by atoms with E-state index in [4.69, 9.17) is 5.84 Å². The van der Waals surface area contributed by atoms with Gasteiger partial charge in [-0.15, -0.1) is 0 Å². The Morgan fingerprint density at radius 3 is 2.10 bits per heavy atom. The van der Waals surface area contributed by atoms with Crippen molar-refractivity contribution in [1.29, 1.82) is 0 Å². The van der Waals surface area contributed by atoms with Crippen LogP contribution in [0.2, 0.25) is 0 Å². The Morgan fingerprint density at radius 1 is 1.15 bits per heavy atom. The van der Waals surface area contributed by atoms with Crippen LogP contribution in [0.5, 0.6) is 0 Å². The summed E-state index contributed by atoms with van der Waals surface area (Å²) in [5, 5.41) is 0. The van der Waals surface area contributed by atoms with Gasteiger partial charge in [-0.1, -0.05) is 33.6 Å². The number of hydrogen-bond acceptors (Lipinski definition) is 4. The monoisotopic (exact) mass is 299 g/mol. The number of sulfonamides is 1. The van der Waals surface area contributed by atoms with Crippen molar-refractivity contribution in [2.75, 3.05) is 18.5 Å². The van der Waals surface area contributed by atoms with Crippen LogP contribution in [0, 0.1) is 5.92 Å². The van der Waals surface area contributed by atoms with Gasteiger partial charge in [-0.3, -0.25) is 5.84 Å². The molecule has 0 amide bonds. The molecule has 0 aliphatic heterocycles. The van der Waals surface area contributed by atoms with Crippen LogP contribution in [0.4, 0.5) is 5.69 Å². The van der Waals surface area contributed by atoms with Crippen molar-refractivity contribution >= 4 is 15.7 Å². The number of hydrogen-bond donors (Lipinski definition) is 2. The summed E-state index contributed by atoms with van der Waals surface area (Å²) >= 11 is 0. The molecule has 0 saturated heterocycles. The van der Waals surface area contributed by atoms with Gasteiger partial charge < -0.3 is 5.43 Å². The number of nitrogens with zero attached hydrogens (tertiary/aromatic N) is 1. The minimum Gasteiger partial charge on any atom is -0.324 e. The maximum absolute atomic E-state index is 12.6. The largest absolute Gasteiger partial charge is 0.324 e. The lowest BCUT2D eigenvalue weighted by atomic mass is 10.0. The lowest BCUT2D eigenvalue weighted by molar-refractivity contribution is 0.339. The number of nitrogens with two attached hydrogens (primary N) is 1. The summed E-state index contributed by atoms with van der Waals surface area (Å²) in [7, 11) is -3.43. The van der Waals surface area contributed by atoms with Gasteiger partial charge in [-0.25, -0.2) is 8.42 Å². The third kappa shape index (κ3) is 3.94. The Balaban J connectivity index is 2.98. The Bertz CT molecular complexity index is 496. The molecule has 1 aromatic carbocycles. The van der Waals surface area contributed by atoms with Gasteiger partial charge in [0.2, 0.25) is 10.0 Å². The van der Waals surface area contributed by atoms with E-state index in [1.807, 2.05) is 6.92 Å². The van der Waals surface area contributed by atoms with Crippen LogP contribution in [0.15, 0.2) is 29.2 Å². The van der Waals surface area contributed by atoms with Gasteiger partial charge in [-0.2, -0.15) is 4.31 Å². The number of rotatable bonds is 8. The Labute approximate surface area is 122 Å². The van der Waals surface area contributed by atoms with Gasteiger partial charge in [0, 0.05) is 18.8 Å². The molecule has 0 spiro atoms. The SMILES string of the molecule is CCC(CC)CN(CC)S(=O)(=O)c1ccc(NN)cc1. The number of anilines is 1. The van der Waals surface area contributed by atoms with Gasteiger partial charge >= 0.3 is 0 Å². The van der Waals surface area contributed by atoms with Crippen LogP contribution in [0.1, 0.15) is 33.6 Å². The maximum atomic E-state index is 12.6. The van der Waals surface area contributed by atoms with E-state index >= 15 is 0 Å². The highest BCUT2D eigenvalue weighted by atomic mass is 32.2. The van der Waals surface area contributed by atoms with Crippen molar-refractivity contribution in [2.24, 2.45) is 11.8 Å². The van der Waals surface area contributed by atoms with Crippen LogP contribution < -0.4 is 11.3 Å². The summed E-state index contributed by atoms with van der Waals surface area (Å²) in [5.41, 5.74) is 3.18. The highest BCUT2D eigenvalue weighted by Crippen LogP contribution is 2.20. The zero-order valence-electron chi connectivity index (χ0n) is 12.5. The lowest BCUT2D eigenvalue weighted by Gasteiger charge is -2.24. The molecule has 0 heterocycles. The molecule has 114 valence electrons. The van der Waals surface area contributed by atoms with Gasteiger partial charge in [-0.05, 0) is 30.2 Å². The third-order valence-corrected chi connectivity index (χ3v) is 5.58. The van der Waals surface area contributed by atoms with E-state index < -0.39 is 10.0 Å². The Morgan fingerprint density at radius 2 is 1.70 bits per heavy atom. The molecule has 20 heavy (non-hydrogen) atoms. The first kappa shape index (κ1) is 16.9. The second-order valence-corrected chi connectivity index (χ2v) is 6.74. The molecule has 1 aromatic rings. The molecule has 0 aliphatic rings. The molecule has 0 saturated carbocycles. The average molecular weight is 299 g/mol. The molecule has 0 aromatic heterocycles. The van der Waals surface area contributed by atoms with Crippen molar-refractivity contribution in [1.82, 2.24) is 4.31 Å². The predicted molar refractivity (Wildman–Crippen MR) is 82.8 cm³/mol. The Hall–Kier alpha value is -1.11. The van der Waals surface area contributed by atoms with Crippen molar-refractivity contribution in [3.63, 3.8) is 0 Å². The van der Waals surface area contributed by atoms with Crippen LogP contribution in [-0.4, -0.2) is 25.8 Å². The molecule has 0 fully saturated rings. The average Bonchev–Trinajstić information content (AvgIpc) is 2.48. The minimum absolute atomic E-state index is 0.310. The first-order valence-electron chi connectivity index (χ1n) is 7.06. The smallest absolute Gasteiger partial charge is 0.243 e. The zero-order valence-corrected chi connectivity index (χ0v) is 13.3. The van der Waals surface area contributed by atoms with E-state index in [1.165, 1.54) is 0 Å². The topological polar surface area (TPSA) is 75.4 Å². The quantitative estimate of drug-likeness (QED) is 0.571. The van der Waals surface area contributed by atoms with Crippen molar-refractivity contribution in [2.45, 2.75) is 38.5 Å². The highest BCUT2D eigenvalue weighted by Gasteiger charge is 2.24. The first-order chi connectivity index (χ1) is 9.49. The van der Waals surface area contributed by atoms with E-state index in [0.717, 1.165) is 12.8 Å². The Kier molecular flexibility index (Phi) is 6.45. The molecular formula is C14H25N3O2S. The van der Waals surface area contributed by atoms with Gasteiger partial charge in [0.05, 0.1) is 4.90 Å². The van der Waals surface area contributed by atoms with Gasteiger partial charge in [0.1, 0.15) is 0 Å². The van der Waals surface area contributed by atoms with Crippen LogP contribution in [0.3, 0.4) is 0 Å². The number of nitrogen functional groups attached to an aromatic ring is 1. The van der Waals surface area contributed by atoms with E-state index in [-0.39, 0.29) is 0 Å². The van der Waals surface area contributed by atoms with E-state index in [0.29, 0.717) is 29.6 Å². The molecule has 0 radical (unpaired) electrons. The van der Waals surface area contributed by atoms with E-state index in [1.54, 1.807) is 28.6 Å². The summed E-state index contributed by atoms with van der Waals surface area (Å²) in [6, 6.07) is 6.50. The fraction of sp³-hybridized carbons (Fsp3) is 0.571. The molecule has 0 unspecified atom stereocenters. The fourth-order valence-corrected chi connectivity index (χ4v) is 3.63. The van der Waals surface area contributed by atoms with Gasteiger partial charge in [0.15, 0.2) is 0 Å². The standard InChI is InChI=1S/C14H25N3O2S/c1-4-12(5-2)11-17(6-3)20(18,19)14-9-7-13(16-15)8-10-14/h7-10,12,16H,4-6,11,15H2,1-3H3. The van der Waals surface area contributed by atoms with Crippen LogP contribution in [0.25, 0.3) is 0 Å². The normalized spacial score (nSPS) is 12.1. The molecule has 5 nitrogen and oxygen atoms in total. The molecule has 3 N–H and O–H groups in total. The highest BCUT2D eigenvalue weighted by molar-refractivity contribution is 7.89. The zero-order chi connectivity index (χ0) is 15.2. The summed E-state index contributed by atoms with van der Waals surface area (Å²) in [4.78, 5) is 0.310. The van der Waals surface area contributed by atoms with Crippen LogP contribution >= 0.6 is 0 Å². The first-order valence-corrected chi connectivity index (χ1v) is 8.50. The minimum atomic E-state index is -3.43. The molecule has 0 atom stereocenters. The predicted octanol–water partition coefficient (Wildman–Crippen LogP) is 2.42. The molecule has 1 rings (SSSR count). The van der Waals surface area contributed by atoms with E-state index in [9.17, 15) is 8.42 Å². The van der Waals surface area contributed by atoms with Crippen molar-refractivity contribution in [3.8, 4) is 0 Å². The second kappa shape index (κ2) is 7.61. The number of benzene rings is 1. The van der Waals surface area contributed by atoms with Crippen molar-refractivity contribution < 1.29 is 8.42 Å². The summed E-state index contributed by atoms with van der Waals surface area (Å²) in [5.74, 6) is 5.68. The van der Waals surface area contributed by atoms with E-state index in [2.05, 4.69) is 19.3 Å². The number of nitrogens with one attached hydrogen (secondary N) is 1. The molecular weight excluding hydrogens is 274 g/mol. The maximum Gasteiger partial charge on any atom is 0.243 e. The lowest BCUT2D eigenvalue weighted by Crippen LogP contribution is -2.35. The fourth-order valence-electron chi connectivity index (χ4n) is 2.10. The van der Waals surface area contributed by atoms with Gasteiger partial charge in [0.25, 0.3) is 0 Å². The summed E-state index contributed by atoms with van der Waals surface area (Å²) in [6.07, 6.45) is 1.97. The summed E-state index contributed by atoms with van der Waals surface area (Å²) in [6.45, 7) is 7.11. The summed E-state index contributed by atoms with van der Waals surface area (Å²) < 4.78 is 26.8. The third-order valence-electron chi connectivity index (χ3n) is 3.63. The number of hydrazine groups is 1. The molecule has 0 bridgehead atoms. The molecule has 0 aliphatic carbocycles. The van der Waals surface area contributed by atoms with Crippen molar-refractivity contribution in [3.05, 3.63) is 24.3 Å².